The van der Waals surface area contributed by atoms with Crippen LogP contribution in [0.3, 0.4) is 0 Å². The molecule has 3 heteroatoms. The van der Waals surface area contributed by atoms with Gasteiger partial charge in [-0.25, -0.2) is 4.39 Å². The van der Waals surface area contributed by atoms with Crippen molar-refractivity contribution in [2.45, 2.75) is 32.9 Å². The summed E-state index contributed by atoms with van der Waals surface area (Å²) in [6, 6.07) is 7.15. The lowest BCUT2D eigenvalue weighted by Crippen LogP contribution is -2.34. The highest BCUT2D eigenvalue weighted by molar-refractivity contribution is 5.17. The van der Waals surface area contributed by atoms with Gasteiger partial charge in [0.2, 0.25) is 0 Å². The first-order valence-electron chi connectivity index (χ1n) is 5.77. The van der Waals surface area contributed by atoms with Gasteiger partial charge in [0.25, 0.3) is 0 Å². The Balaban J connectivity index is 2.71. The smallest absolute Gasteiger partial charge is 0.127 e. The van der Waals surface area contributed by atoms with Crippen LogP contribution in [0.2, 0.25) is 0 Å². The maximum absolute atomic E-state index is 13.5. The number of nitrogens with zero attached hydrogens (tertiary/aromatic N) is 1. The fourth-order valence-corrected chi connectivity index (χ4v) is 1.69. The van der Waals surface area contributed by atoms with Crippen LogP contribution >= 0.6 is 0 Å². The Hall–Kier alpha value is -0.930. The molecule has 0 aromatic heterocycles. The Morgan fingerprint density at radius 3 is 2.62 bits per heavy atom. The van der Waals surface area contributed by atoms with E-state index >= 15 is 0 Å². The molecule has 0 fully saturated rings. The van der Waals surface area contributed by atoms with Crippen molar-refractivity contribution in [3.63, 3.8) is 0 Å². The van der Waals surface area contributed by atoms with E-state index in [1.54, 1.807) is 12.1 Å². The molecule has 1 atom stereocenters. The average molecular weight is 225 g/mol. The summed E-state index contributed by atoms with van der Waals surface area (Å²) < 4.78 is 13.5. The topological polar surface area (TPSA) is 23.5 Å². The van der Waals surface area contributed by atoms with Gasteiger partial charge in [-0.1, -0.05) is 25.1 Å². The molecule has 0 aliphatic rings. The minimum atomic E-state index is -0.172. The van der Waals surface area contributed by atoms with Gasteiger partial charge in [-0.05, 0) is 19.4 Å². The number of hydrogen-bond acceptors (Lipinski definition) is 2. The molecule has 1 rings (SSSR count). The van der Waals surface area contributed by atoms with Gasteiger partial charge < -0.3 is 5.11 Å². The van der Waals surface area contributed by atoms with Crippen LogP contribution in [0.25, 0.3) is 0 Å². The molecule has 1 N–H and O–H groups in total. The number of hydrogen-bond donors (Lipinski definition) is 1. The molecule has 2 nitrogen and oxygen atoms in total. The second kappa shape index (κ2) is 6.61. The predicted octanol–water partition coefficient (Wildman–Crippen LogP) is 2.42. The number of rotatable bonds is 6. The van der Waals surface area contributed by atoms with Gasteiger partial charge in [0.1, 0.15) is 5.82 Å². The highest BCUT2D eigenvalue weighted by atomic mass is 19.1. The van der Waals surface area contributed by atoms with Crippen LogP contribution < -0.4 is 0 Å². The first-order chi connectivity index (χ1) is 7.69. The summed E-state index contributed by atoms with van der Waals surface area (Å²) in [5.41, 5.74) is 0.691. The van der Waals surface area contributed by atoms with E-state index in [0.717, 1.165) is 6.42 Å². The Morgan fingerprint density at radius 2 is 2.06 bits per heavy atom. The van der Waals surface area contributed by atoms with Crippen molar-refractivity contribution in [3.8, 4) is 0 Å². The summed E-state index contributed by atoms with van der Waals surface area (Å²) >= 11 is 0. The van der Waals surface area contributed by atoms with Crippen LogP contribution in [-0.2, 0) is 6.54 Å². The fraction of sp³-hybridized carbons (Fsp3) is 0.538. The van der Waals surface area contributed by atoms with Crippen molar-refractivity contribution in [3.05, 3.63) is 35.6 Å². The summed E-state index contributed by atoms with van der Waals surface area (Å²) in [7, 11) is 0. The van der Waals surface area contributed by atoms with Crippen LogP contribution in [0.1, 0.15) is 25.8 Å². The van der Waals surface area contributed by atoms with Gasteiger partial charge in [-0.15, -0.1) is 0 Å². The average Bonchev–Trinajstić information content (AvgIpc) is 2.30. The van der Waals surface area contributed by atoms with E-state index in [4.69, 9.17) is 5.11 Å². The number of halogens is 1. The van der Waals surface area contributed by atoms with Crippen molar-refractivity contribution < 1.29 is 9.50 Å². The zero-order chi connectivity index (χ0) is 12.0. The summed E-state index contributed by atoms with van der Waals surface area (Å²) in [5.74, 6) is -0.172. The SMILES string of the molecule is CC[C@H](C)N(CCO)Cc1ccccc1F. The Morgan fingerprint density at radius 1 is 1.38 bits per heavy atom. The maximum Gasteiger partial charge on any atom is 0.127 e. The van der Waals surface area contributed by atoms with E-state index in [9.17, 15) is 4.39 Å². The lowest BCUT2D eigenvalue weighted by molar-refractivity contribution is 0.147. The molecule has 0 saturated heterocycles. The normalized spacial score (nSPS) is 13.1. The van der Waals surface area contributed by atoms with Crippen molar-refractivity contribution in [2.75, 3.05) is 13.2 Å². The third-order valence-electron chi connectivity index (χ3n) is 2.93. The van der Waals surface area contributed by atoms with E-state index in [-0.39, 0.29) is 12.4 Å². The molecule has 0 unspecified atom stereocenters. The Bertz CT molecular complexity index is 317. The third-order valence-corrected chi connectivity index (χ3v) is 2.93. The monoisotopic (exact) mass is 225 g/mol. The van der Waals surface area contributed by atoms with E-state index < -0.39 is 0 Å². The highest BCUT2D eigenvalue weighted by Crippen LogP contribution is 2.13. The number of aliphatic hydroxyl groups is 1. The van der Waals surface area contributed by atoms with Crippen molar-refractivity contribution in [1.29, 1.82) is 0 Å². The summed E-state index contributed by atoms with van der Waals surface area (Å²) in [4.78, 5) is 2.10. The van der Waals surface area contributed by atoms with E-state index in [2.05, 4.69) is 18.7 Å². The van der Waals surface area contributed by atoms with E-state index in [0.29, 0.717) is 24.7 Å². The van der Waals surface area contributed by atoms with Gasteiger partial charge in [-0.3, -0.25) is 4.90 Å². The second-order valence-corrected chi connectivity index (χ2v) is 4.04. The van der Waals surface area contributed by atoms with Crippen LogP contribution in [0, 0.1) is 5.82 Å². The number of aliphatic hydroxyl groups excluding tert-OH is 1. The number of benzene rings is 1. The maximum atomic E-state index is 13.5. The molecule has 0 saturated carbocycles. The minimum absolute atomic E-state index is 0.110. The second-order valence-electron chi connectivity index (χ2n) is 4.04. The highest BCUT2D eigenvalue weighted by Gasteiger charge is 2.13. The molecule has 1 aromatic carbocycles. The lowest BCUT2D eigenvalue weighted by atomic mass is 10.1. The molecule has 90 valence electrons. The van der Waals surface area contributed by atoms with Crippen LogP contribution in [0.15, 0.2) is 24.3 Å². The lowest BCUT2D eigenvalue weighted by Gasteiger charge is -2.27. The first kappa shape index (κ1) is 13.1. The third kappa shape index (κ3) is 3.58. The van der Waals surface area contributed by atoms with Crippen molar-refractivity contribution in [1.82, 2.24) is 4.90 Å². The van der Waals surface area contributed by atoms with E-state index in [1.165, 1.54) is 6.07 Å². The zero-order valence-corrected chi connectivity index (χ0v) is 9.99. The molecule has 0 radical (unpaired) electrons. The molecule has 16 heavy (non-hydrogen) atoms. The zero-order valence-electron chi connectivity index (χ0n) is 9.99. The Kier molecular flexibility index (Phi) is 5.43. The largest absolute Gasteiger partial charge is 0.395 e. The molecule has 0 spiro atoms. The quantitative estimate of drug-likeness (QED) is 0.803. The summed E-state index contributed by atoms with van der Waals surface area (Å²) in [6.45, 7) is 5.44. The van der Waals surface area contributed by atoms with E-state index in [1.807, 2.05) is 6.07 Å². The molecule has 0 aliphatic carbocycles. The molecule has 0 bridgehead atoms. The summed E-state index contributed by atoms with van der Waals surface area (Å²) in [6.07, 6.45) is 0.994. The Labute approximate surface area is 96.7 Å². The summed E-state index contributed by atoms with van der Waals surface area (Å²) in [5, 5.41) is 8.99. The van der Waals surface area contributed by atoms with Crippen molar-refractivity contribution >= 4 is 0 Å². The molecule has 1 aromatic rings. The molecular weight excluding hydrogens is 205 g/mol. The molecule has 0 aliphatic heterocycles. The van der Waals surface area contributed by atoms with Crippen molar-refractivity contribution in [2.24, 2.45) is 0 Å². The van der Waals surface area contributed by atoms with Crippen LogP contribution in [-0.4, -0.2) is 29.2 Å². The van der Waals surface area contributed by atoms with Gasteiger partial charge in [-0.2, -0.15) is 0 Å². The molecule has 0 heterocycles. The molecule has 0 amide bonds. The van der Waals surface area contributed by atoms with Gasteiger partial charge in [0.05, 0.1) is 6.61 Å². The van der Waals surface area contributed by atoms with Gasteiger partial charge in [0, 0.05) is 24.7 Å². The standard InChI is InChI=1S/C13H20FNO/c1-3-11(2)15(8-9-16)10-12-6-4-5-7-13(12)14/h4-7,11,16H,3,8-10H2,1-2H3/t11-/m0/s1. The van der Waals surface area contributed by atoms with Gasteiger partial charge in [0.15, 0.2) is 0 Å². The minimum Gasteiger partial charge on any atom is -0.395 e. The van der Waals surface area contributed by atoms with Crippen LogP contribution in [0.5, 0.6) is 0 Å². The van der Waals surface area contributed by atoms with Gasteiger partial charge >= 0.3 is 0 Å². The van der Waals surface area contributed by atoms with Crippen LogP contribution in [0.4, 0.5) is 4.39 Å². The first-order valence-corrected chi connectivity index (χ1v) is 5.77. The predicted molar refractivity (Wildman–Crippen MR) is 63.6 cm³/mol. The fourth-order valence-electron chi connectivity index (χ4n) is 1.69. The molecular formula is C13H20FNO.